The number of hydrogen-bond donors (Lipinski definition) is 2. The van der Waals surface area contributed by atoms with Crippen molar-refractivity contribution < 1.29 is 9.53 Å². The van der Waals surface area contributed by atoms with Gasteiger partial charge in [-0.25, -0.2) is 0 Å². The number of hydrogen-bond acceptors (Lipinski definition) is 4. The number of ether oxygens (including phenoxy) is 1. The zero-order valence-corrected chi connectivity index (χ0v) is 16.4. The molecule has 1 amide bonds. The lowest BCUT2D eigenvalue weighted by Gasteiger charge is -2.43. The van der Waals surface area contributed by atoms with E-state index in [9.17, 15) is 4.79 Å². The van der Waals surface area contributed by atoms with Crippen molar-refractivity contribution in [2.24, 2.45) is 5.92 Å². The maximum Gasteiger partial charge on any atom is 0.222 e. The fraction of sp³-hybridized carbons (Fsp3) is 0.941. The molecule has 3 rings (SSSR count). The van der Waals surface area contributed by atoms with Crippen LogP contribution < -0.4 is 10.6 Å². The highest BCUT2D eigenvalue weighted by Crippen LogP contribution is 2.38. The molecule has 2 heterocycles. The number of nitrogens with zero attached hydrogens (tertiary/aromatic N) is 1. The standard InChI is InChI=1S/C17H31N3O2.2ClH/c1-14-4-7-18-13-15(14)19-16(21)12-17(5-2-3-6-17)20-8-10-22-11-9-20;;/h14-15,18H,2-13H2,1H3,(H,19,21);2*1H. The normalized spacial score (nSPS) is 30.0. The van der Waals surface area contributed by atoms with Gasteiger partial charge in [-0.15, -0.1) is 24.8 Å². The van der Waals surface area contributed by atoms with Gasteiger partial charge in [-0.05, 0) is 31.7 Å². The van der Waals surface area contributed by atoms with Crippen molar-refractivity contribution in [1.82, 2.24) is 15.5 Å². The van der Waals surface area contributed by atoms with E-state index in [0.717, 1.165) is 45.8 Å². The molecule has 5 nitrogen and oxygen atoms in total. The van der Waals surface area contributed by atoms with Crippen LogP contribution in [0.2, 0.25) is 0 Å². The van der Waals surface area contributed by atoms with E-state index in [2.05, 4.69) is 22.5 Å². The molecule has 0 aromatic heterocycles. The van der Waals surface area contributed by atoms with Crippen LogP contribution in [0.3, 0.4) is 0 Å². The Bertz CT molecular complexity index is 386. The summed E-state index contributed by atoms with van der Waals surface area (Å²) in [7, 11) is 0. The van der Waals surface area contributed by atoms with Crippen molar-refractivity contribution >= 4 is 30.7 Å². The lowest BCUT2D eigenvalue weighted by atomic mass is 9.89. The minimum absolute atomic E-state index is 0. The van der Waals surface area contributed by atoms with Crippen molar-refractivity contribution in [3.8, 4) is 0 Å². The Morgan fingerprint density at radius 1 is 1.25 bits per heavy atom. The van der Waals surface area contributed by atoms with Gasteiger partial charge in [0.1, 0.15) is 0 Å². The number of piperidine rings is 1. The van der Waals surface area contributed by atoms with Crippen molar-refractivity contribution in [3.05, 3.63) is 0 Å². The summed E-state index contributed by atoms with van der Waals surface area (Å²) in [6.45, 7) is 7.82. The summed E-state index contributed by atoms with van der Waals surface area (Å²) in [5, 5.41) is 6.70. The van der Waals surface area contributed by atoms with Gasteiger partial charge in [-0.2, -0.15) is 0 Å². The molecule has 0 aromatic carbocycles. The van der Waals surface area contributed by atoms with Crippen LogP contribution in [-0.4, -0.2) is 61.8 Å². The molecule has 24 heavy (non-hydrogen) atoms. The van der Waals surface area contributed by atoms with E-state index in [-0.39, 0.29) is 36.3 Å². The average Bonchev–Trinajstić information content (AvgIpc) is 3.00. The maximum absolute atomic E-state index is 12.7. The molecular weight excluding hydrogens is 349 g/mol. The van der Waals surface area contributed by atoms with Gasteiger partial charge in [0, 0.05) is 37.6 Å². The Hall–Kier alpha value is -0.0700. The Morgan fingerprint density at radius 3 is 2.54 bits per heavy atom. The number of nitrogens with one attached hydrogen (secondary N) is 2. The second kappa shape index (κ2) is 10.2. The molecule has 2 saturated heterocycles. The van der Waals surface area contributed by atoms with Crippen LogP contribution in [0.1, 0.15) is 45.4 Å². The molecular formula is C17H33Cl2N3O2. The molecule has 1 aliphatic carbocycles. The number of carbonyl (C=O) groups is 1. The van der Waals surface area contributed by atoms with Gasteiger partial charge in [0.15, 0.2) is 0 Å². The van der Waals surface area contributed by atoms with Gasteiger partial charge in [-0.3, -0.25) is 9.69 Å². The van der Waals surface area contributed by atoms with E-state index in [4.69, 9.17) is 4.74 Å². The molecule has 1 saturated carbocycles. The number of carbonyl (C=O) groups excluding carboxylic acids is 1. The first-order chi connectivity index (χ1) is 10.7. The second-order valence-corrected chi connectivity index (χ2v) is 7.35. The highest BCUT2D eigenvalue weighted by atomic mass is 35.5. The molecule has 0 bridgehead atoms. The van der Waals surface area contributed by atoms with Crippen LogP contribution in [0.4, 0.5) is 0 Å². The van der Waals surface area contributed by atoms with Gasteiger partial charge in [0.2, 0.25) is 5.91 Å². The van der Waals surface area contributed by atoms with Crippen LogP contribution in [-0.2, 0) is 9.53 Å². The summed E-state index contributed by atoms with van der Waals surface area (Å²) in [6.07, 6.45) is 6.66. The third-order valence-electron chi connectivity index (χ3n) is 5.88. The predicted molar refractivity (Wildman–Crippen MR) is 101 cm³/mol. The summed E-state index contributed by atoms with van der Waals surface area (Å²) in [6, 6.07) is 0.296. The Labute approximate surface area is 158 Å². The van der Waals surface area contributed by atoms with E-state index in [1.165, 1.54) is 25.7 Å². The summed E-state index contributed by atoms with van der Waals surface area (Å²) in [5.74, 6) is 0.821. The van der Waals surface area contributed by atoms with Gasteiger partial charge in [0.25, 0.3) is 0 Å². The molecule has 0 radical (unpaired) electrons. The third-order valence-corrected chi connectivity index (χ3v) is 5.88. The van der Waals surface area contributed by atoms with E-state index in [1.54, 1.807) is 0 Å². The van der Waals surface area contributed by atoms with Crippen molar-refractivity contribution in [2.75, 3.05) is 39.4 Å². The lowest BCUT2D eigenvalue weighted by Crippen LogP contribution is -2.56. The monoisotopic (exact) mass is 381 g/mol. The average molecular weight is 382 g/mol. The maximum atomic E-state index is 12.7. The van der Waals surface area contributed by atoms with Crippen LogP contribution in [0, 0.1) is 5.92 Å². The zero-order valence-electron chi connectivity index (χ0n) is 14.7. The molecule has 2 unspecified atom stereocenters. The van der Waals surface area contributed by atoms with Crippen LogP contribution in [0.15, 0.2) is 0 Å². The van der Waals surface area contributed by atoms with E-state index < -0.39 is 0 Å². The van der Waals surface area contributed by atoms with Gasteiger partial charge in [-0.1, -0.05) is 19.8 Å². The van der Waals surface area contributed by atoms with Crippen molar-refractivity contribution in [1.29, 1.82) is 0 Å². The summed E-state index contributed by atoms with van der Waals surface area (Å²) < 4.78 is 5.49. The molecule has 2 aliphatic heterocycles. The van der Waals surface area contributed by atoms with Gasteiger partial charge in [0.05, 0.1) is 13.2 Å². The minimum Gasteiger partial charge on any atom is -0.379 e. The lowest BCUT2D eigenvalue weighted by molar-refractivity contribution is -0.126. The zero-order chi connectivity index (χ0) is 15.4. The number of amides is 1. The quantitative estimate of drug-likeness (QED) is 0.781. The van der Waals surface area contributed by atoms with Crippen molar-refractivity contribution in [3.63, 3.8) is 0 Å². The smallest absolute Gasteiger partial charge is 0.222 e. The molecule has 2 atom stereocenters. The summed E-state index contributed by atoms with van der Waals surface area (Å²) in [4.78, 5) is 15.2. The van der Waals surface area contributed by atoms with E-state index in [0.29, 0.717) is 18.4 Å². The number of halogens is 2. The highest BCUT2D eigenvalue weighted by Gasteiger charge is 2.42. The molecule has 0 aromatic rings. The first-order valence-corrected chi connectivity index (χ1v) is 9.02. The SMILES string of the molecule is CC1CCNCC1NC(=O)CC1(N2CCOCC2)CCCC1.Cl.Cl. The highest BCUT2D eigenvalue weighted by molar-refractivity contribution is 5.85. The summed E-state index contributed by atoms with van der Waals surface area (Å²) >= 11 is 0. The van der Waals surface area contributed by atoms with Crippen molar-refractivity contribution in [2.45, 2.75) is 57.0 Å². The molecule has 3 fully saturated rings. The Kier molecular flexibility index (Phi) is 9.31. The minimum atomic E-state index is 0. The first kappa shape index (κ1) is 22.0. The Morgan fingerprint density at radius 2 is 1.92 bits per heavy atom. The van der Waals surface area contributed by atoms with Crippen LogP contribution in [0.5, 0.6) is 0 Å². The third kappa shape index (κ3) is 5.21. The molecule has 2 N–H and O–H groups in total. The molecule has 0 spiro atoms. The molecule has 142 valence electrons. The first-order valence-electron chi connectivity index (χ1n) is 9.02. The van der Waals surface area contributed by atoms with Gasteiger partial charge >= 0.3 is 0 Å². The Balaban J connectivity index is 0.00000144. The fourth-order valence-electron chi connectivity index (χ4n) is 4.42. The largest absolute Gasteiger partial charge is 0.379 e. The van der Waals surface area contributed by atoms with E-state index >= 15 is 0 Å². The van der Waals surface area contributed by atoms with Crippen LogP contribution >= 0.6 is 24.8 Å². The molecule has 3 aliphatic rings. The number of rotatable bonds is 4. The number of morpholine rings is 1. The van der Waals surface area contributed by atoms with Gasteiger partial charge < -0.3 is 15.4 Å². The molecule has 7 heteroatoms. The fourth-order valence-corrected chi connectivity index (χ4v) is 4.42. The summed E-state index contributed by atoms with van der Waals surface area (Å²) in [5.41, 5.74) is 0.0964. The predicted octanol–water partition coefficient (Wildman–Crippen LogP) is 1.98. The van der Waals surface area contributed by atoms with E-state index in [1.807, 2.05) is 0 Å². The second-order valence-electron chi connectivity index (χ2n) is 7.35. The van der Waals surface area contributed by atoms with Crippen LogP contribution in [0.25, 0.3) is 0 Å². The topological polar surface area (TPSA) is 53.6 Å².